The fraction of sp³-hybridized carbons (Fsp3) is 0.391. The van der Waals surface area contributed by atoms with Crippen LogP contribution in [0.4, 0.5) is 8.78 Å². The van der Waals surface area contributed by atoms with E-state index >= 15 is 0 Å². The Bertz CT molecular complexity index is 929. The maximum atomic E-state index is 14.0. The van der Waals surface area contributed by atoms with Gasteiger partial charge in [-0.15, -0.1) is 0 Å². The van der Waals surface area contributed by atoms with Crippen molar-refractivity contribution in [3.63, 3.8) is 0 Å². The first-order valence-electron chi connectivity index (χ1n) is 10.1. The molecule has 2 aromatic carbocycles. The van der Waals surface area contributed by atoms with Crippen LogP contribution in [0.1, 0.15) is 30.4 Å². The fourth-order valence-electron chi connectivity index (χ4n) is 3.72. The molecule has 1 heterocycles. The fourth-order valence-corrected chi connectivity index (χ4v) is 3.72. The van der Waals surface area contributed by atoms with Gasteiger partial charge in [0, 0.05) is 43.6 Å². The number of benzene rings is 2. The lowest BCUT2D eigenvalue weighted by atomic mass is 10.1. The summed E-state index contributed by atoms with van der Waals surface area (Å²) in [7, 11) is 3.15. The lowest BCUT2D eigenvalue weighted by molar-refractivity contribution is -0.130. The first-order chi connectivity index (χ1) is 14.9. The average Bonchev–Trinajstić information content (AvgIpc) is 3.10. The SMILES string of the molecule is COc1cc(CCNC(=O)CC2CCC(=O)N2Cc2cccc(F)c2F)cc(OC)c1. The predicted octanol–water partition coefficient (Wildman–Crippen LogP) is 3.22. The van der Waals surface area contributed by atoms with E-state index in [0.29, 0.717) is 37.3 Å². The van der Waals surface area contributed by atoms with E-state index in [0.717, 1.165) is 11.6 Å². The van der Waals surface area contributed by atoms with Crippen LogP contribution >= 0.6 is 0 Å². The summed E-state index contributed by atoms with van der Waals surface area (Å²) in [5, 5.41) is 2.86. The van der Waals surface area contributed by atoms with E-state index in [-0.39, 0.29) is 36.4 Å². The van der Waals surface area contributed by atoms with Crippen molar-refractivity contribution in [3.8, 4) is 11.5 Å². The molecule has 0 aromatic heterocycles. The second kappa shape index (κ2) is 10.2. The van der Waals surface area contributed by atoms with Crippen molar-refractivity contribution in [2.75, 3.05) is 20.8 Å². The monoisotopic (exact) mass is 432 g/mol. The van der Waals surface area contributed by atoms with Crippen LogP contribution in [0.2, 0.25) is 0 Å². The zero-order valence-electron chi connectivity index (χ0n) is 17.6. The van der Waals surface area contributed by atoms with Crippen molar-refractivity contribution in [2.45, 2.75) is 38.3 Å². The molecule has 166 valence electrons. The van der Waals surface area contributed by atoms with Gasteiger partial charge in [-0.1, -0.05) is 12.1 Å². The molecule has 0 bridgehead atoms. The summed E-state index contributed by atoms with van der Waals surface area (Å²) in [5.41, 5.74) is 1.06. The summed E-state index contributed by atoms with van der Waals surface area (Å²) in [6.45, 7) is 0.359. The molecule has 3 rings (SSSR count). The van der Waals surface area contributed by atoms with E-state index in [1.54, 1.807) is 20.3 Å². The van der Waals surface area contributed by atoms with Crippen LogP contribution in [0.25, 0.3) is 0 Å². The summed E-state index contributed by atoms with van der Waals surface area (Å²) in [5.74, 6) is -0.924. The van der Waals surface area contributed by atoms with E-state index in [1.165, 1.54) is 17.0 Å². The molecule has 1 N–H and O–H groups in total. The Balaban J connectivity index is 1.54. The molecular formula is C23H26F2N2O4. The van der Waals surface area contributed by atoms with Crippen molar-refractivity contribution in [2.24, 2.45) is 0 Å². The largest absolute Gasteiger partial charge is 0.497 e. The second-order valence-electron chi connectivity index (χ2n) is 7.45. The Labute approximate surface area is 180 Å². The van der Waals surface area contributed by atoms with E-state index in [2.05, 4.69) is 5.32 Å². The summed E-state index contributed by atoms with van der Waals surface area (Å²) < 4.78 is 38.0. The minimum Gasteiger partial charge on any atom is -0.497 e. The molecule has 0 saturated carbocycles. The van der Waals surface area contributed by atoms with Crippen LogP contribution < -0.4 is 14.8 Å². The number of hydrogen-bond donors (Lipinski definition) is 1. The number of rotatable bonds is 9. The number of carbonyl (C=O) groups excluding carboxylic acids is 2. The maximum absolute atomic E-state index is 14.0. The third-order valence-electron chi connectivity index (χ3n) is 5.39. The van der Waals surface area contributed by atoms with Gasteiger partial charge in [-0.3, -0.25) is 9.59 Å². The molecule has 1 unspecified atom stereocenters. The first kappa shape index (κ1) is 22.5. The molecule has 8 heteroatoms. The van der Waals surface area contributed by atoms with Crippen LogP contribution in [0.5, 0.6) is 11.5 Å². The number of methoxy groups -OCH3 is 2. The van der Waals surface area contributed by atoms with Gasteiger partial charge < -0.3 is 19.7 Å². The van der Waals surface area contributed by atoms with Gasteiger partial charge in [0.2, 0.25) is 11.8 Å². The maximum Gasteiger partial charge on any atom is 0.223 e. The number of nitrogens with one attached hydrogen (secondary N) is 1. The smallest absolute Gasteiger partial charge is 0.223 e. The zero-order valence-corrected chi connectivity index (χ0v) is 17.6. The highest BCUT2D eigenvalue weighted by atomic mass is 19.2. The van der Waals surface area contributed by atoms with Gasteiger partial charge in [-0.25, -0.2) is 8.78 Å². The Morgan fingerprint density at radius 2 is 1.87 bits per heavy atom. The molecule has 1 aliphatic heterocycles. The molecule has 0 radical (unpaired) electrons. The van der Waals surface area contributed by atoms with E-state index in [1.807, 2.05) is 12.1 Å². The minimum absolute atomic E-state index is 0.0516. The molecule has 2 amide bonds. The first-order valence-corrected chi connectivity index (χ1v) is 10.1. The van der Waals surface area contributed by atoms with Gasteiger partial charge in [0.05, 0.1) is 14.2 Å². The van der Waals surface area contributed by atoms with Gasteiger partial charge in [0.15, 0.2) is 11.6 Å². The van der Waals surface area contributed by atoms with Crippen LogP contribution in [0, 0.1) is 11.6 Å². The molecule has 1 saturated heterocycles. The lowest BCUT2D eigenvalue weighted by Gasteiger charge is -2.25. The number of amides is 2. The Hall–Kier alpha value is -3.16. The molecule has 0 aliphatic carbocycles. The number of likely N-dealkylation sites (tertiary alicyclic amines) is 1. The van der Waals surface area contributed by atoms with Crippen molar-refractivity contribution in [1.29, 1.82) is 0 Å². The summed E-state index contributed by atoms with van der Waals surface area (Å²) >= 11 is 0. The van der Waals surface area contributed by atoms with E-state index < -0.39 is 11.6 Å². The highest BCUT2D eigenvalue weighted by molar-refractivity contribution is 5.82. The van der Waals surface area contributed by atoms with Crippen LogP contribution in [0.15, 0.2) is 36.4 Å². The number of carbonyl (C=O) groups is 2. The van der Waals surface area contributed by atoms with Crippen molar-refractivity contribution in [1.82, 2.24) is 10.2 Å². The Morgan fingerprint density at radius 3 is 2.55 bits per heavy atom. The normalized spacial score (nSPS) is 15.8. The molecule has 1 atom stereocenters. The van der Waals surface area contributed by atoms with Gasteiger partial charge >= 0.3 is 0 Å². The number of nitrogens with zero attached hydrogens (tertiary/aromatic N) is 1. The molecule has 6 nitrogen and oxygen atoms in total. The zero-order chi connectivity index (χ0) is 22.4. The number of hydrogen-bond acceptors (Lipinski definition) is 4. The van der Waals surface area contributed by atoms with Crippen molar-refractivity contribution < 1.29 is 27.8 Å². The number of halogens is 2. The quantitative estimate of drug-likeness (QED) is 0.661. The Morgan fingerprint density at radius 1 is 1.16 bits per heavy atom. The minimum atomic E-state index is -0.959. The van der Waals surface area contributed by atoms with Crippen LogP contribution in [-0.4, -0.2) is 43.5 Å². The Kier molecular flexibility index (Phi) is 7.44. The molecule has 1 fully saturated rings. The van der Waals surface area contributed by atoms with E-state index in [4.69, 9.17) is 9.47 Å². The third kappa shape index (κ3) is 5.71. The number of ether oxygens (including phenoxy) is 2. The molecule has 31 heavy (non-hydrogen) atoms. The van der Waals surface area contributed by atoms with Gasteiger partial charge in [0.25, 0.3) is 0 Å². The second-order valence-corrected chi connectivity index (χ2v) is 7.45. The summed E-state index contributed by atoms with van der Waals surface area (Å²) in [6, 6.07) is 9.07. The van der Waals surface area contributed by atoms with E-state index in [9.17, 15) is 18.4 Å². The molecular weight excluding hydrogens is 406 g/mol. The molecule has 1 aliphatic rings. The molecule has 0 spiro atoms. The highest BCUT2D eigenvalue weighted by Crippen LogP contribution is 2.25. The summed E-state index contributed by atoms with van der Waals surface area (Å²) in [4.78, 5) is 26.1. The lowest BCUT2D eigenvalue weighted by Crippen LogP contribution is -2.37. The standard InChI is InChI=1S/C23H26F2N2O4/c1-30-18-10-15(11-19(13-18)31-2)8-9-26-21(28)12-17-6-7-22(29)27(17)14-16-4-3-5-20(24)23(16)25/h3-5,10-11,13,17H,6-9,12,14H2,1-2H3,(H,26,28). The van der Waals surface area contributed by atoms with Gasteiger partial charge in [-0.2, -0.15) is 0 Å². The summed E-state index contributed by atoms with van der Waals surface area (Å²) in [6.07, 6.45) is 1.50. The third-order valence-corrected chi connectivity index (χ3v) is 5.39. The van der Waals surface area contributed by atoms with Crippen molar-refractivity contribution in [3.05, 3.63) is 59.2 Å². The highest BCUT2D eigenvalue weighted by Gasteiger charge is 2.33. The molecule has 2 aromatic rings. The van der Waals surface area contributed by atoms with Crippen molar-refractivity contribution >= 4 is 11.8 Å². The van der Waals surface area contributed by atoms with Crippen LogP contribution in [-0.2, 0) is 22.6 Å². The van der Waals surface area contributed by atoms with Gasteiger partial charge in [-0.05, 0) is 36.6 Å². The van der Waals surface area contributed by atoms with Gasteiger partial charge in [0.1, 0.15) is 11.5 Å². The topological polar surface area (TPSA) is 67.9 Å². The van der Waals surface area contributed by atoms with Crippen LogP contribution in [0.3, 0.4) is 0 Å². The average molecular weight is 432 g/mol. The predicted molar refractivity (Wildman–Crippen MR) is 111 cm³/mol.